The Labute approximate surface area is 163 Å². The van der Waals surface area contributed by atoms with E-state index in [-0.39, 0.29) is 30.8 Å². The van der Waals surface area contributed by atoms with Gasteiger partial charge in [-0.25, -0.2) is 0 Å². The fourth-order valence-electron chi connectivity index (χ4n) is 2.94. The van der Waals surface area contributed by atoms with E-state index in [1.807, 2.05) is 0 Å². The van der Waals surface area contributed by atoms with Gasteiger partial charge in [0.1, 0.15) is 5.75 Å². The van der Waals surface area contributed by atoms with Gasteiger partial charge in [0.2, 0.25) is 11.8 Å². The highest BCUT2D eigenvalue weighted by molar-refractivity contribution is 6.42. The van der Waals surface area contributed by atoms with Crippen molar-refractivity contribution in [1.82, 2.24) is 10.2 Å². The third kappa shape index (κ3) is 7.02. The summed E-state index contributed by atoms with van der Waals surface area (Å²) < 4.78 is 5.49. The largest absolute Gasteiger partial charge is 0.493 e. The number of nitrogens with one attached hydrogen (secondary N) is 1. The first kappa shape index (κ1) is 20.8. The Hall–Kier alpha value is -1.50. The van der Waals surface area contributed by atoms with E-state index in [0.29, 0.717) is 22.3 Å². The van der Waals surface area contributed by atoms with Gasteiger partial charge in [-0.3, -0.25) is 9.59 Å². The van der Waals surface area contributed by atoms with Gasteiger partial charge in [-0.05, 0) is 44.5 Å². The number of halogens is 2. The summed E-state index contributed by atoms with van der Waals surface area (Å²) in [6.07, 6.45) is 2.98. The van der Waals surface area contributed by atoms with Crippen molar-refractivity contribution in [2.45, 2.75) is 25.7 Å². The molecule has 6 nitrogen and oxygen atoms in total. The van der Waals surface area contributed by atoms with E-state index < -0.39 is 0 Å². The highest BCUT2D eigenvalue weighted by Gasteiger charge is 2.23. The summed E-state index contributed by atoms with van der Waals surface area (Å²) in [6.45, 7) is 3.43. The second-order valence-corrected chi connectivity index (χ2v) is 7.23. The Balaban J connectivity index is 1.56. The highest BCUT2D eigenvalue weighted by Crippen LogP contribution is 2.26. The Kier molecular flexibility index (Phi) is 8.48. The van der Waals surface area contributed by atoms with Crippen LogP contribution in [0.15, 0.2) is 18.2 Å². The van der Waals surface area contributed by atoms with Crippen molar-refractivity contribution < 1.29 is 14.3 Å². The van der Waals surface area contributed by atoms with Crippen LogP contribution in [0.2, 0.25) is 10.0 Å². The lowest BCUT2D eigenvalue weighted by molar-refractivity contribution is -0.123. The number of hydrogen-bond acceptors (Lipinski definition) is 4. The molecule has 1 atom stereocenters. The zero-order valence-corrected chi connectivity index (χ0v) is 16.2. The number of amides is 2. The van der Waals surface area contributed by atoms with Crippen LogP contribution in [0.5, 0.6) is 5.75 Å². The van der Waals surface area contributed by atoms with Gasteiger partial charge in [-0.2, -0.15) is 0 Å². The van der Waals surface area contributed by atoms with Crippen LogP contribution in [-0.2, 0) is 9.59 Å². The standard InChI is InChI=1S/C18H25Cl2N3O3/c19-15-5-4-14(11-16(15)20)26-10-6-17(24)22-7-2-9-23-8-1-3-13(12-23)18(21)25/h4-5,11,13H,1-3,6-10,12H2,(H2,21,25)(H,22,24). The van der Waals surface area contributed by atoms with E-state index >= 15 is 0 Å². The van der Waals surface area contributed by atoms with E-state index in [2.05, 4.69) is 10.2 Å². The summed E-state index contributed by atoms with van der Waals surface area (Å²) in [7, 11) is 0. The van der Waals surface area contributed by atoms with Crippen LogP contribution < -0.4 is 15.8 Å². The predicted octanol–water partition coefficient (Wildman–Crippen LogP) is 2.47. The summed E-state index contributed by atoms with van der Waals surface area (Å²) in [5.41, 5.74) is 5.38. The van der Waals surface area contributed by atoms with Gasteiger partial charge < -0.3 is 20.7 Å². The molecule has 0 radical (unpaired) electrons. The van der Waals surface area contributed by atoms with Gasteiger partial charge >= 0.3 is 0 Å². The summed E-state index contributed by atoms with van der Waals surface area (Å²) >= 11 is 11.7. The molecule has 0 spiro atoms. The number of primary amides is 1. The maximum Gasteiger partial charge on any atom is 0.223 e. The molecule has 0 aromatic heterocycles. The number of nitrogens with zero attached hydrogens (tertiary/aromatic N) is 1. The zero-order valence-electron chi connectivity index (χ0n) is 14.7. The second kappa shape index (κ2) is 10.6. The average molecular weight is 402 g/mol. The minimum atomic E-state index is -0.218. The van der Waals surface area contributed by atoms with Gasteiger partial charge in [0, 0.05) is 19.2 Å². The molecular weight excluding hydrogens is 377 g/mol. The summed E-state index contributed by atoms with van der Waals surface area (Å²) in [5.74, 6) is 0.266. The molecule has 1 aromatic carbocycles. The van der Waals surface area contributed by atoms with Gasteiger partial charge in [0.15, 0.2) is 0 Å². The highest BCUT2D eigenvalue weighted by atomic mass is 35.5. The van der Waals surface area contributed by atoms with Crippen molar-refractivity contribution in [3.63, 3.8) is 0 Å². The number of carbonyl (C=O) groups excluding carboxylic acids is 2. The van der Waals surface area contributed by atoms with Crippen LogP contribution in [0, 0.1) is 5.92 Å². The van der Waals surface area contributed by atoms with Gasteiger partial charge in [-0.15, -0.1) is 0 Å². The van der Waals surface area contributed by atoms with Gasteiger partial charge in [-0.1, -0.05) is 23.2 Å². The Morgan fingerprint density at radius 3 is 2.85 bits per heavy atom. The minimum Gasteiger partial charge on any atom is -0.493 e. The Morgan fingerprint density at radius 2 is 2.12 bits per heavy atom. The molecule has 1 heterocycles. The number of hydrogen-bond donors (Lipinski definition) is 2. The number of nitrogens with two attached hydrogens (primary N) is 1. The van der Waals surface area contributed by atoms with Crippen molar-refractivity contribution >= 4 is 35.0 Å². The molecule has 1 saturated heterocycles. The quantitative estimate of drug-likeness (QED) is 0.622. The lowest BCUT2D eigenvalue weighted by Gasteiger charge is -2.31. The normalized spacial score (nSPS) is 17.7. The molecule has 1 aliphatic heterocycles. The smallest absolute Gasteiger partial charge is 0.223 e. The number of carbonyl (C=O) groups is 2. The Bertz CT molecular complexity index is 628. The fourth-order valence-corrected chi connectivity index (χ4v) is 3.23. The van der Waals surface area contributed by atoms with Crippen molar-refractivity contribution in [3.05, 3.63) is 28.2 Å². The maximum absolute atomic E-state index is 11.8. The van der Waals surface area contributed by atoms with Crippen molar-refractivity contribution in [3.8, 4) is 5.75 Å². The predicted molar refractivity (Wildman–Crippen MR) is 103 cm³/mol. The molecule has 1 unspecified atom stereocenters. The maximum atomic E-state index is 11.8. The van der Waals surface area contributed by atoms with Crippen LogP contribution in [0.3, 0.4) is 0 Å². The molecule has 3 N–H and O–H groups in total. The van der Waals surface area contributed by atoms with E-state index in [0.717, 1.165) is 38.9 Å². The monoisotopic (exact) mass is 401 g/mol. The number of likely N-dealkylation sites (tertiary alicyclic amines) is 1. The van der Waals surface area contributed by atoms with E-state index in [4.69, 9.17) is 33.7 Å². The van der Waals surface area contributed by atoms with Crippen molar-refractivity contribution in [2.24, 2.45) is 11.7 Å². The SMILES string of the molecule is NC(=O)C1CCCN(CCCNC(=O)CCOc2ccc(Cl)c(Cl)c2)C1. The molecule has 144 valence electrons. The summed E-state index contributed by atoms with van der Waals surface area (Å²) in [6, 6.07) is 4.99. The number of rotatable bonds is 9. The van der Waals surface area contributed by atoms with E-state index in [1.165, 1.54) is 0 Å². The number of ether oxygens (including phenoxy) is 1. The molecule has 1 aliphatic rings. The van der Waals surface area contributed by atoms with Gasteiger partial charge in [0.05, 0.1) is 29.0 Å². The first-order valence-corrected chi connectivity index (χ1v) is 9.57. The molecule has 2 amide bonds. The minimum absolute atomic E-state index is 0.0446. The van der Waals surface area contributed by atoms with Crippen LogP contribution in [0.1, 0.15) is 25.7 Å². The fraction of sp³-hybridized carbons (Fsp3) is 0.556. The lowest BCUT2D eigenvalue weighted by atomic mass is 9.97. The third-order valence-electron chi connectivity index (χ3n) is 4.37. The van der Waals surface area contributed by atoms with Crippen LogP contribution in [0.4, 0.5) is 0 Å². The molecule has 1 fully saturated rings. The molecule has 2 rings (SSSR count). The molecule has 0 bridgehead atoms. The third-order valence-corrected chi connectivity index (χ3v) is 5.11. The topological polar surface area (TPSA) is 84.7 Å². The van der Waals surface area contributed by atoms with Crippen LogP contribution in [0.25, 0.3) is 0 Å². The molecule has 0 aliphatic carbocycles. The summed E-state index contributed by atoms with van der Waals surface area (Å²) in [5, 5.41) is 3.77. The molecule has 0 saturated carbocycles. The van der Waals surface area contributed by atoms with Crippen molar-refractivity contribution in [2.75, 3.05) is 32.8 Å². The van der Waals surface area contributed by atoms with Crippen molar-refractivity contribution in [1.29, 1.82) is 0 Å². The number of piperidine rings is 1. The summed E-state index contributed by atoms with van der Waals surface area (Å²) in [4.78, 5) is 25.3. The molecule has 26 heavy (non-hydrogen) atoms. The first-order chi connectivity index (χ1) is 12.5. The second-order valence-electron chi connectivity index (χ2n) is 6.42. The lowest BCUT2D eigenvalue weighted by Crippen LogP contribution is -2.42. The van der Waals surface area contributed by atoms with Gasteiger partial charge in [0.25, 0.3) is 0 Å². The van der Waals surface area contributed by atoms with Crippen LogP contribution >= 0.6 is 23.2 Å². The van der Waals surface area contributed by atoms with E-state index in [1.54, 1.807) is 18.2 Å². The molecule has 1 aromatic rings. The number of benzene rings is 1. The molecule has 8 heteroatoms. The first-order valence-electron chi connectivity index (χ1n) is 8.82. The van der Waals surface area contributed by atoms with E-state index in [9.17, 15) is 9.59 Å². The Morgan fingerprint density at radius 1 is 1.31 bits per heavy atom. The molecular formula is C18H25Cl2N3O3. The van der Waals surface area contributed by atoms with Crippen LogP contribution in [-0.4, -0.2) is 49.5 Å². The zero-order chi connectivity index (χ0) is 18.9. The average Bonchev–Trinajstić information content (AvgIpc) is 2.62.